The molecule has 5 heteroatoms. The average Bonchev–Trinajstić information content (AvgIpc) is 2.15. The number of hydrogen-bond donors (Lipinski definition) is 1. The van der Waals surface area contributed by atoms with Crippen molar-refractivity contribution in [1.82, 2.24) is 0 Å². The zero-order chi connectivity index (χ0) is 11.1. The Labute approximate surface area is 90.2 Å². The Kier molecular flexibility index (Phi) is 2.54. The highest BCUT2D eigenvalue weighted by molar-refractivity contribution is 6.30. The minimum Gasteiger partial charge on any atom is -0.385 e. The quantitative estimate of drug-likeness (QED) is 0.721. The van der Waals surface area contributed by atoms with Gasteiger partial charge < -0.3 is 5.32 Å². The monoisotopic (exact) mass is 235 g/mol. The van der Waals surface area contributed by atoms with E-state index in [2.05, 4.69) is 5.32 Å². The van der Waals surface area contributed by atoms with Gasteiger partial charge in [-0.3, -0.25) is 0 Å². The number of nitrogens with one attached hydrogen (secondary N) is 1. The van der Waals surface area contributed by atoms with Crippen molar-refractivity contribution >= 4 is 17.3 Å². The van der Waals surface area contributed by atoms with Crippen LogP contribution in [-0.4, -0.2) is 12.7 Å². The highest BCUT2D eigenvalue weighted by Crippen LogP contribution is 2.43. The first-order chi connectivity index (χ1) is 6.98. The molecule has 1 aromatic carbocycles. The topological polar surface area (TPSA) is 12.0 Å². The molecule has 1 nitrogen and oxygen atoms in total. The van der Waals surface area contributed by atoms with Gasteiger partial charge in [-0.2, -0.15) is 13.2 Å². The summed E-state index contributed by atoms with van der Waals surface area (Å²) in [4.78, 5) is 0. The second-order valence-corrected chi connectivity index (χ2v) is 3.98. The maximum absolute atomic E-state index is 12.7. The maximum Gasteiger partial charge on any atom is 0.395 e. The summed E-state index contributed by atoms with van der Waals surface area (Å²) in [5.74, 6) is -1.37. The fourth-order valence-corrected chi connectivity index (χ4v) is 2.00. The highest BCUT2D eigenvalue weighted by atomic mass is 35.5. The van der Waals surface area contributed by atoms with Gasteiger partial charge in [0.05, 0.1) is 5.92 Å². The van der Waals surface area contributed by atoms with Crippen LogP contribution in [0.3, 0.4) is 0 Å². The molecule has 0 fully saturated rings. The molecule has 2 rings (SSSR count). The minimum atomic E-state index is -4.18. The van der Waals surface area contributed by atoms with Gasteiger partial charge in [0.15, 0.2) is 0 Å². The zero-order valence-corrected chi connectivity index (χ0v) is 8.49. The first kappa shape index (κ1) is 10.6. The highest BCUT2D eigenvalue weighted by Gasteiger charge is 2.42. The third-order valence-electron chi connectivity index (χ3n) is 2.53. The summed E-state index contributed by atoms with van der Waals surface area (Å²) in [6.07, 6.45) is -4.09. The van der Waals surface area contributed by atoms with Crippen LogP contribution in [0.15, 0.2) is 18.2 Å². The molecule has 1 aliphatic rings. The molecule has 82 valence electrons. The number of halogens is 4. The van der Waals surface area contributed by atoms with E-state index in [9.17, 15) is 13.2 Å². The van der Waals surface area contributed by atoms with Gasteiger partial charge in [-0.15, -0.1) is 0 Å². The van der Waals surface area contributed by atoms with Crippen molar-refractivity contribution in [2.45, 2.75) is 18.5 Å². The number of hydrogen-bond acceptors (Lipinski definition) is 1. The molecule has 0 spiro atoms. The molecule has 1 unspecified atom stereocenters. The first-order valence-corrected chi connectivity index (χ1v) is 4.96. The molecule has 1 aromatic rings. The molecule has 1 atom stereocenters. The second kappa shape index (κ2) is 3.59. The third-order valence-corrected chi connectivity index (χ3v) is 2.77. The van der Waals surface area contributed by atoms with E-state index in [1.54, 1.807) is 0 Å². The first-order valence-electron chi connectivity index (χ1n) is 4.58. The summed E-state index contributed by atoms with van der Waals surface area (Å²) in [6, 6.07) is 4.48. The summed E-state index contributed by atoms with van der Waals surface area (Å²) in [6.45, 7) is 0.331. The summed E-state index contributed by atoms with van der Waals surface area (Å²) in [5, 5.41) is 3.37. The molecule has 0 saturated carbocycles. The molecule has 0 aromatic heterocycles. The van der Waals surface area contributed by atoms with Gasteiger partial charge in [0.25, 0.3) is 0 Å². The van der Waals surface area contributed by atoms with E-state index >= 15 is 0 Å². The summed E-state index contributed by atoms with van der Waals surface area (Å²) >= 11 is 5.72. The van der Waals surface area contributed by atoms with E-state index in [1.807, 2.05) is 0 Å². The Balaban J connectivity index is 2.43. The number of rotatable bonds is 0. The van der Waals surface area contributed by atoms with Crippen molar-refractivity contribution < 1.29 is 13.2 Å². The van der Waals surface area contributed by atoms with Gasteiger partial charge in [0.2, 0.25) is 0 Å². The summed E-state index contributed by atoms with van der Waals surface area (Å²) in [7, 11) is 0. The van der Waals surface area contributed by atoms with Gasteiger partial charge in [-0.05, 0) is 24.1 Å². The molecule has 0 radical (unpaired) electrons. The normalized spacial score (nSPS) is 20.7. The predicted molar refractivity (Wildman–Crippen MR) is 53.4 cm³/mol. The van der Waals surface area contributed by atoms with Crippen LogP contribution in [0.5, 0.6) is 0 Å². The molecule has 0 saturated heterocycles. The molecule has 1 heterocycles. The minimum absolute atomic E-state index is 0.0815. The molecule has 15 heavy (non-hydrogen) atoms. The van der Waals surface area contributed by atoms with Crippen molar-refractivity contribution in [3.05, 3.63) is 28.8 Å². The largest absolute Gasteiger partial charge is 0.395 e. The van der Waals surface area contributed by atoms with Gasteiger partial charge in [-0.25, -0.2) is 0 Å². The van der Waals surface area contributed by atoms with E-state index in [0.29, 0.717) is 17.3 Å². The molecular formula is C10H9ClF3N. The molecule has 0 aliphatic carbocycles. The lowest BCUT2D eigenvalue weighted by Gasteiger charge is -2.28. The Morgan fingerprint density at radius 2 is 2.07 bits per heavy atom. The molecule has 1 N–H and O–H groups in total. The van der Waals surface area contributed by atoms with Gasteiger partial charge >= 0.3 is 6.18 Å². The number of benzene rings is 1. The molecule has 0 bridgehead atoms. The van der Waals surface area contributed by atoms with Crippen LogP contribution in [0.4, 0.5) is 18.9 Å². The standard InChI is InChI=1S/C10H9ClF3N/c11-6-1-2-7-8(10(12,13)14)3-4-15-9(7)5-6/h1-2,5,8,15H,3-4H2. The Bertz CT molecular complexity index is 375. The van der Waals surface area contributed by atoms with Crippen LogP contribution < -0.4 is 5.32 Å². The van der Waals surface area contributed by atoms with Gasteiger partial charge in [-0.1, -0.05) is 17.7 Å². The lowest BCUT2D eigenvalue weighted by molar-refractivity contribution is -0.151. The van der Waals surface area contributed by atoms with Gasteiger partial charge in [0, 0.05) is 17.3 Å². The zero-order valence-electron chi connectivity index (χ0n) is 7.74. The Hall–Kier alpha value is -0.900. The van der Waals surface area contributed by atoms with Crippen molar-refractivity contribution in [3.63, 3.8) is 0 Å². The van der Waals surface area contributed by atoms with Crippen LogP contribution in [0.1, 0.15) is 17.9 Å². The van der Waals surface area contributed by atoms with E-state index in [-0.39, 0.29) is 12.0 Å². The summed E-state index contributed by atoms with van der Waals surface area (Å²) in [5.41, 5.74) is 0.786. The SMILES string of the molecule is FC(F)(F)C1CCNc2cc(Cl)ccc21. The predicted octanol–water partition coefficient (Wildman–Crippen LogP) is 3.80. The molecular weight excluding hydrogens is 227 g/mol. The van der Waals surface area contributed by atoms with Crippen LogP contribution in [0.2, 0.25) is 5.02 Å². The Morgan fingerprint density at radius 3 is 2.73 bits per heavy atom. The van der Waals surface area contributed by atoms with E-state index in [0.717, 1.165) is 0 Å². The second-order valence-electron chi connectivity index (χ2n) is 3.54. The third kappa shape index (κ3) is 2.04. The number of alkyl halides is 3. The van der Waals surface area contributed by atoms with Crippen LogP contribution >= 0.6 is 11.6 Å². The fraction of sp³-hybridized carbons (Fsp3) is 0.400. The van der Waals surface area contributed by atoms with Crippen molar-refractivity contribution in [2.75, 3.05) is 11.9 Å². The van der Waals surface area contributed by atoms with E-state index in [1.165, 1.54) is 18.2 Å². The van der Waals surface area contributed by atoms with Crippen molar-refractivity contribution in [2.24, 2.45) is 0 Å². The van der Waals surface area contributed by atoms with Crippen LogP contribution in [-0.2, 0) is 0 Å². The number of fused-ring (bicyclic) bond motifs is 1. The van der Waals surface area contributed by atoms with E-state index < -0.39 is 12.1 Å². The molecule has 1 aliphatic heterocycles. The maximum atomic E-state index is 12.7. The van der Waals surface area contributed by atoms with Crippen LogP contribution in [0, 0.1) is 0 Å². The lowest BCUT2D eigenvalue weighted by Crippen LogP contribution is -2.28. The number of anilines is 1. The smallest absolute Gasteiger partial charge is 0.385 e. The van der Waals surface area contributed by atoms with Crippen molar-refractivity contribution in [3.8, 4) is 0 Å². The average molecular weight is 236 g/mol. The van der Waals surface area contributed by atoms with E-state index in [4.69, 9.17) is 11.6 Å². The van der Waals surface area contributed by atoms with Crippen LogP contribution in [0.25, 0.3) is 0 Å². The summed E-state index contributed by atoms with van der Waals surface area (Å²) < 4.78 is 38.0. The lowest BCUT2D eigenvalue weighted by atomic mass is 9.90. The molecule has 0 amide bonds. The van der Waals surface area contributed by atoms with Crippen molar-refractivity contribution in [1.29, 1.82) is 0 Å². The fourth-order valence-electron chi connectivity index (χ4n) is 1.83. The van der Waals surface area contributed by atoms with Gasteiger partial charge in [0.1, 0.15) is 0 Å². The Morgan fingerprint density at radius 1 is 1.33 bits per heavy atom.